The molecule has 0 fully saturated rings. The van der Waals surface area contributed by atoms with Gasteiger partial charge < -0.3 is 15.8 Å². The molecule has 0 aliphatic rings. The first kappa shape index (κ1) is 12.9. The number of likely N-dealkylation sites (N-methyl/N-ethyl adjacent to an activating group) is 1. The quantitative estimate of drug-likeness (QED) is 0.562. The Kier molecular flexibility index (Phi) is 4.41. The number of hydrogen-bond donors (Lipinski definition) is 2. The average Bonchev–Trinajstić information content (AvgIpc) is 2.35. The number of hydrogen-bond acceptors (Lipinski definition) is 5. The Balaban J connectivity index is 2.90. The summed E-state index contributed by atoms with van der Waals surface area (Å²) in [5, 5.41) is 13.1. The number of nitrogens with two attached hydrogens (primary N) is 1. The number of nitrogens with one attached hydrogen (secondary N) is 1. The van der Waals surface area contributed by atoms with Crippen molar-refractivity contribution in [3.8, 4) is 5.75 Å². The monoisotopic (exact) mass is 239 g/mol. The number of rotatable bonds is 5. The highest BCUT2D eigenvalue weighted by atomic mass is 16.6. The van der Waals surface area contributed by atoms with Crippen LogP contribution in [0.5, 0.6) is 5.75 Å². The van der Waals surface area contributed by atoms with Crippen molar-refractivity contribution in [3.05, 3.63) is 33.9 Å². The van der Waals surface area contributed by atoms with Gasteiger partial charge in [-0.05, 0) is 11.6 Å². The van der Waals surface area contributed by atoms with Crippen LogP contribution in [-0.2, 0) is 11.3 Å². The molecule has 0 radical (unpaired) electrons. The number of amides is 1. The van der Waals surface area contributed by atoms with Crippen molar-refractivity contribution in [2.45, 2.75) is 6.54 Å². The summed E-state index contributed by atoms with van der Waals surface area (Å²) in [6.07, 6.45) is 0. The van der Waals surface area contributed by atoms with Gasteiger partial charge in [0.25, 0.3) is 5.91 Å². The highest BCUT2D eigenvalue weighted by Gasteiger charge is 2.16. The molecule has 0 spiro atoms. The second kappa shape index (κ2) is 5.80. The second-order valence-corrected chi connectivity index (χ2v) is 3.23. The minimum absolute atomic E-state index is 0.0517. The molecule has 1 rings (SSSR count). The lowest BCUT2D eigenvalue weighted by Gasteiger charge is -2.06. The van der Waals surface area contributed by atoms with Crippen molar-refractivity contribution >= 4 is 11.6 Å². The zero-order chi connectivity index (χ0) is 12.8. The van der Waals surface area contributed by atoms with Gasteiger partial charge in [0.15, 0.2) is 12.4 Å². The van der Waals surface area contributed by atoms with Crippen molar-refractivity contribution in [1.29, 1.82) is 0 Å². The molecule has 0 aromatic heterocycles. The number of benzene rings is 1. The summed E-state index contributed by atoms with van der Waals surface area (Å²) in [5.74, 6) is -0.307. The van der Waals surface area contributed by atoms with E-state index in [4.69, 9.17) is 10.5 Å². The van der Waals surface area contributed by atoms with Crippen LogP contribution < -0.4 is 15.8 Å². The van der Waals surface area contributed by atoms with E-state index in [9.17, 15) is 14.9 Å². The third-order valence-electron chi connectivity index (χ3n) is 2.09. The van der Waals surface area contributed by atoms with Crippen LogP contribution in [0.1, 0.15) is 5.56 Å². The van der Waals surface area contributed by atoms with Crippen molar-refractivity contribution in [2.24, 2.45) is 5.73 Å². The van der Waals surface area contributed by atoms with Crippen LogP contribution in [-0.4, -0.2) is 24.5 Å². The third-order valence-corrected chi connectivity index (χ3v) is 2.09. The lowest BCUT2D eigenvalue weighted by molar-refractivity contribution is -0.385. The highest BCUT2D eigenvalue weighted by Crippen LogP contribution is 2.27. The Bertz CT molecular complexity index is 434. The molecule has 7 nitrogen and oxygen atoms in total. The van der Waals surface area contributed by atoms with Crippen LogP contribution in [0.25, 0.3) is 0 Å². The fourth-order valence-corrected chi connectivity index (χ4v) is 1.17. The molecule has 0 unspecified atom stereocenters. The van der Waals surface area contributed by atoms with E-state index >= 15 is 0 Å². The molecule has 0 bridgehead atoms. The smallest absolute Gasteiger partial charge is 0.311 e. The first-order valence-corrected chi connectivity index (χ1v) is 4.89. The van der Waals surface area contributed by atoms with Crippen molar-refractivity contribution in [2.75, 3.05) is 13.7 Å². The van der Waals surface area contributed by atoms with Crippen molar-refractivity contribution in [1.82, 2.24) is 5.32 Å². The topological polar surface area (TPSA) is 107 Å². The van der Waals surface area contributed by atoms with E-state index < -0.39 is 4.92 Å². The lowest BCUT2D eigenvalue weighted by atomic mass is 10.2. The Hall–Kier alpha value is -2.15. The van der Waals surface area contributed by atoms with E-state index in [1.54, 1.807) is 6.07 Å². The summed E-state index contributed by atoms with van der Waals surface area (Å²) >= 11 is 0. The Morgan fingerprint density at radius 1 is 1.59 bits per heavy atom. The number of carbonyl (C=O) groups excluding carboxylic acids is 1. The molecule has 0 aliphatic carbocycles. The standard InChI is InChI=1S/C10H13N3O4/c1-12-10(14)6-17-9-3-2-7(5-11)4-8(9)13(15)16/h2-4H,5-6,11H2,1H3,(H,12,14). The van der Waals surface area contributed by atoms with E-state index in [1.807, 2.05) is 0 Å². The third kappa shape index (κ3) is 3.42. The Morgan fingerprint density at radius 2 is 2.29 bits per heavy atom. The minimum atomic E-state index is -0.571. The molecule has 7 heteroatoms. The molecule has 3 N–H and O–H groups in total. The van der Waals surface area contributed by atoms with Crippen LogP contribution >= 0.6 is 0 Å². The van der Waals surface area contributed by atoms with Gasteiger partial charge in [-0.2, -0.15) is 0 Å². The van der Waals surface area contributed by atoms with E-state index in [2.05, 4.69) is 5.32 Å². The molecular formula is C10H13N3O4. The normalized spacial score (nSPS) is 9.76. The van der Waals surface area contributed by atoms with Gasteiger partial charge in [-0.3, -0.25) is 14.9 Å². The maximum absolute atomic E-state index is 11.0. The largest absolute Gasteiger partial charge is 0.477 e. The fraction of sp³-hybridized carbons (Fsp3) is 0.300. The SMILES string of the molecule is CNC(=O)COc1ccc(CN)cc1[N+](=O)[O-]. The van der Waals surface area contributed by atoms with Crippen LogP contribution in [0.3, 0.4) is 0 Å². The lowest BCUT2D eigenvalue weighted by Crippen LogP contribution is -2.25. The number of carbonyl (C=O) groups is 1. The van der Waals surface area contributed by atoms with Gasteiger partial charge in [0.05, 0.1) is 4.92 Å². The predicted octanol–water partition coefficient (Wildman–Crippen LogP) is 0.178. The van der Waals surface area contributed by atoms with Crippen LogP contribution in [0.4, 0.5) is 5.69 Å². The molecule has 0 saturated heterocycles. The highest BCUT2D eigenvalue weighted by molar-refractivity contribution is 5.77. The first-order valence-electron chi connectivity index (χ1n) is 4.89. The van der Waals surface area contributed by atoms with Crippen LogP contribution in [0.15, 0.2) is 18.2 Å². The van der Waals surface area contributed by atoms with Gasteiger partial charge in [0, 0.05) is 19.7 Å². The number of nitro benzene ring substituents is 1. The second-order valence-electron chi connectivity index (χ2n) is 3.23. The summed E-state index contributed by atoms with van der Waals surface area (Å²) in [7, 11) is 1.46. The Morgan fingerprint density at radius 3 is 2.82 bits per heavy atom. The molecule has 0 saturated carbocycles. The zero-order valence-corrected chi connectivity index (χ0v) is 9.30. The van der Waals surface area contributed by atoms with Gasteiger partial charge in [-0.1, -0.05) is 6.07 Å². The van der Waals surface area contributed by atoms with E-state index in [0.29, 0.717) is 5.56 Å². The summed E-state index contributed by atoms with van der Waals surface area (Å²) in [4.78, 5) is 21.2. The maximum Gasteiger partial charge on any atom is 0.311 e. The summed E-state index contributed by atoms with van der Waals surface area (Å²) in [6.45, 7) is -0.0596. The van der Waals surface area contributed by atoms with Gasteiger partial charge in [0.1, 0.15) is 0 Å². The van der Waals surface area contributed by atoms with Gasteiger partial charge in [0.2, 0.25) is 0 Å². The summed E-state index contributed by atoms with van der Waals surface area (Å²) in [6, 6.07) is 4.38. The molecule has 1 aromatic rings. The maximum atomic E-state index is 11.0. The fourth-order valence-electron chi connectivity index (χ4n) is 1.17. The number of ether oxygens (including phenoxy) is 1. The number of nitrogens with zero attached hydrogens (tertiary/aromatic N) is 1. The molecule has 1 amide bonds. The van der Waals surface area contributed by atoms with Gasteiger partial charge in [-0.25, -0.2) is 0 Å². The van der Waals surface area contributed by atoms with Crippen LogP contribution in [0.2, 0.25) is 0 Å². The molecule has 0 aliphatic heterocycles. The zero-order valence-electron chi connectivity index (χ0n) is 9.30. The minimum Gasteiger partial charge on any atom is -0.477 e. The molecular weight excluding hydrogens is 226 g/mol. The van der Waals surface area contributed by atoms with Gasteiger partial charge >= 0.3 is 5.69 Å². The van der Waals surface area contributed by atoms with E-state index in [-0.39, 0.29) is 30.5 Å². The van der Waals surface area contributed by atoms with E-state index in [1.165, 1.54) is 19.2 Å². The first-order chi connectivity index (χ1) is 8.08. The molecule has 0 heterocycles. The predicted molar refractivity (Wildman–Crippen MR) is 60.5 cm³/mol. The van der Waals surface area contributed by atoms with Crippen LogP contribution in [0, 0.1) is 10.1 Å². The molecule has 1 aromatic carbocycles. The summed E-state index contributed by atoms with van der Waals surface area (Å²) in [5.41, 5.74) is 5.82. The van der Waals surface area contributed by atoms with Crippen molar-refractivity contribution in [3.63, 3.8) is 0 Å². The average molecular weight is 239 g/mol. The summed E-state index contributed by atoms with van der Waals surface area (Å²) < 4.78 is 5.06. The molecule has 17 heavy (non-hydrogen) atoms. The van der Waals surface area contributed by atoms with Gasteiger partial charge in [-0.15, -0.1) is 0 Å². The molecule has 0 atom stereocenters. The number of nitro groups is 1. The Labute approximate surface area is 97.7 Å². The van der Waals surface area contributed by atoms with Crippen molar-refractivity contribution < 1.29 is 14.5 Å². The molecule has 92 valence electrons. The van der Waals surface area contributed by atoms with E-state index in [0.717, 1.165) is 0 Å².